The predicted octanol–water partition coefficient (Wildman–Crippen LogP) is 4.08. The van der Waals surface area contributed by atoms with Crippen LogP contribution in [0.2, 0.25) is 0 Å². The van der Waals surface area contributed by atoms with E-state index in [2.05, 4.69) is 11.8 Å². The lowest BCUT2D eigenvalue weighted by molar-refractivity contribution is -0.145. The van der Waals surface area contributed by atoms with E-state index in [1.807, 2.05) is 12.1 Å². The first-order valence-corrected chi connectivity index (χ1v) is 14.1. The highest BCUT2D eigenvalue weighted by molar-refractivity contribution is 7.90. The molecule has 2 heterocycles. The largest absolute Gasteiger partial charge is 0.372 e. The minimum Gasteiger partial charge on any atom is -0.372 e. The van der Waals surface area contributed by atoms with E-state index in [4.69, 9.17) is 0 Å². The number of sulfone groups is 1. The molecular formula is C25H38N2O4S. The Labute approximate surface area is 193 Å². The third kappa shape index (κ3) is 6.56. The SMILES string of the molecule is CCCCCCC(=O)C(=O)N1CCC(C2CCN(c3ccc(S(C)(=O)=O)cc3)CC2)CC1. The van der Waals surface area contributed by atoms with Crippen molar-refractivity contribution in [3.05, 3.63) is 24.3 Å². The Hall–Kier alpha value is -1.89. The number of unbranched alkanes of at least 4 members (excludes halogenated alkanes) is 3. The molecule has 0 aliphatic carbocycles. The van der Waals surface area contributed by atoms with Gasteiger partial charge in [-0.05, 0) is 68.2 Å². The number of rotatable bonds is 9. The summed E-state index contributed by atoms with van der Waals surface area (Å²) in [6.07, 6.45) is 9.93. The van der Waals surface area contributed by atoms with E-state index in [1.54, 1.807) is 17.0 Å². The summed E-state index contributed by atoms with van der Waals surface area (Å²) in [5.41, 5.74) is 1.08. The van der Waals surface area contributed by atoms with Gasteiger partial charge >= 0.3 is 0 Å². The second-order valence-corrected chi connectivity index (χ2v) is 11.5. The zero-order valence-electron chi connectivity index (χ0n) is 19.6. The minimum absolute atomic E-state index is 0.213. The van der Waals surface area contributed by atoms with Gasteiger partial charge in [-0.3, -0.25) is 9.59 Å². The van der Waals surface area contributed by atoms with Crippen LogP contribution < -0.4 is 4.90 Å². The first-order chi connectivity index (χ1) is 15.3. The van der Waals surface area contributed by atoms with E-state index < -0.39 is 9.84 Å². The third-order valence-electron chi connectivity index (χ3n) is 7.16. The molecule has 7 heteroatoms. The summed E-state index contributed by atoms with van der Waals surface area (Å²) in [7, 11) is -3.16. The van der Waals surface area contributed by atoms with Crippen molar-refractivity contribution in [2.45, 2.75) is 69.6 Å². The van der Waals surface area contributed by atoms with Crippen LogP contribution in [0.4, 0.5) is 5.69 Å². The van der Waals surface area contributed by atoms with Gasteiger partial charge in [0.25, 0.3) is 5.91 Å². The van der Waals surface area contributed by atoms with E-state index >= 15 is 0 Å². The van der Waals surface area contributed by atoms with Crippen molar-refractivity contribution < 1.29 is 18.0 Å². The molecule has 0 radical (unpaired) electrons. The number of anilines is 1. The molecule has 2 aliphatic rings. The average Bonchev–Trinajstić information content (AvgIpc) is 2.81. The number of hydrogen-bond acceptors (Lipinski definition) is 5. The van der Waals surface area contributed by atoms with Crippen LogP contribution in [0.5, 0.6) is 0 Å². The molecule has 0 aromatic heterocycles. The molecule has 0 atom stereocenters. The van der Waals surface area contributed by atoms with Gasteiger partial charge in [0.05, 0.1) is 4.90 Å². The summed E-state index contributed by atoms with van der Waals surface area (Å²) in [5.74, 6) is 0.791. The van der Waals surface area contributed by atoms with Gasteiger partial charge in [-0.25, -0.2) is 8.42 Å². The highest BCUT2D eigenvalue weighted by atomic mass is 32.2. The van der Waals surface area contributed by atoms with Gasteiger partial charge in [0.1, 0.15) is 0 Å². The van der Waals surface area contributed by atoms with Crippen molar-refractivity contribution in [2.75, 3.05) is 37.3 Å². The summed E-state index contributed by atoms with van der Waals surface area (Å²) in [6.45, 7) is 5.49. The summed E-state index contributed by atoms with van der Waals surface area (Å²) >= 11 is 0. The van der Waals surface area contributed by atoms with Crippen LogP contribution in [0.3, 0.4) is 0 Å². The Morgan fingerprint density at radius 1 is 0.875 bits per heavy atom. The van der Waals surface area contributed by atoms with E-state index in [0.29, 0.717) is 36.2 Å². The molecule has 1 aromatic carbocycles. The number of Topliss-reactive ketones (excluding diaryl/α,β-unsaturated/α-hetero) is 1. The molecule has 178 valence electrons. The number of likely N-dealkylation sites (tertiary alicyclic amines) is 1. The standard InChI is InChI=1S/C25H38N2O4S/c1-3-4-5-6-7-24(28)25(29)27-18-14-21(15-19-27)20-12-16-26(17-13-20)22-8-10-23(11-9-22)32(2,30)31/h8-11,20-21H,3-7,12-19H2,1-2H3. The van der Waals surface area contributed by atoms with Gasteiger partial charge < -0.3 is 9.80 Å². The molecule has 1 amide bonds. The molecule has 2 saturated heterocycles. The molecular weight excluding hydrogens is 424 g/mol. The van der Waals surface area contributed by atoms with Gasteiger partial charge in [-0.1, -0.05) is 26.2 Å². The molecule has 0 saturated carbocycles. The number of benzene rings is 1. The summed E-state index contributed by atoms with van der Waals surface area (Å²) in [4.78, 5) is 29.1. The van der Waals surface area contributed by atoms with Crippen molar-refractivity contribution in [3.8, 4) is 0 Å². The Bertz CT molecular complexity index is 866. The Morgan fingerprint density at radius 3 is 1.97 bits per heavy atom. The highest BCUT2D eigenvalue weighted by Crippen LogP contribution is 2.34. The van der Waals surface area contributed by atoms with Crippen LogP contribution in [0, 0.1) is 11.8 Å². The van der Waals surface area contributed by atoms with Crippen LogP contribution in [-0.4, -0.2) is 57.4 Å². The molecule has 0 spiro atoms. The van der Waals surface area contributed by atoms with Crippen molar-refractivity contribution >= 4 is 27.2 Å². The van der Waals surface area contributed by atoms with Crippen molar-refractivity contribution in [1.82, 2.24) is 4.90 Å². The lowest BCUT2D eigenvalue weighted by atomic mass is 9.78. The van der Waals surface area contributed by atoms with Gasteiger partial charge in [0.2, 0.25) is 5.78 Å². The number of ketones is 1. The Balaban J connectivity index is 1.42. The predicted molar refractivity (Wildman–Crippen MR) is 128 cm³/mol. The van der Waals surface area contributed by atoms with Gasteiger partial charge in [0, 0.05) is 44.5 Å². The van der Waals surface area contributed by atoms with Gasteiger partial charge in [-0.15, -0.1) is 0 Å². The number of amides is 1. The van der Waals surface area contributed by atoms with Crippen LogP contribution in [-0.2, 0) is 19.4 Å². The summed E-state index contributed by atoms with van der Waals surface area (Å²) in [5, 5.41) is 0. The second-order valence-electron chi connectivity index (χ2n) is 9.45. The molecule has 0 N–H and O–H groups in total. The lowest BCUT2D eigenvalue weighted by Gasteiger charge is -2.40. The molecule has 32 heavy (non-hydrogen) atoms. The number of carbonyl (C=O) groups excluding carboxylic acids is 2. The highest BCUT2D eigenvalue weighted by Gasteiger charge is 2.32. The van der Waals surface area contributed by atoms with E-state index in [-0.39, 0.29) is 11.7 Å². The van der Waals surface area contributed by atoms with Crippen LogP contribution in [0.1, 0.15) is 64.7 Å². The first kappa shape index (κ1) is 24.7. The maximum atomic E-state index is 12.5. The molecule has 3 rings (SSSR count). The molecule has 1 aromatic rings. The molecule has 6 nitrogen and oxygen atoms in total. The fourth-order valence-electron chi connectivity index (χ4n) is 5.10. The number of piperidine rings is 2. The summed E-state index contributed by atoms with van der Waals surface area (Å²) in [6, 6.07) is 7.18. The molecule has 0 bridgehead atoms. The van der Waals surface area contributed by atoms with Crippen molar-refractivity contribution in [3.63, 3.8) is 0 Å². The number of carbonyl (C=O) groups is 2. The molecule has 2 aliphatic heterocycles. The fourth-order valence-corrected chi connectivity index (χ4v) is 5.73. The van der Waals surface area contributed by atoms with E-state index in [9.17, 15) is 18.0 Å². The topological polar surface area (TPSA) is 74.8 Å². The van der Waals surface area contributed by atoms with E-state index in [1.165, 1.54) is 6.26 Å². The van der Waals surface area contributed by atoms with E-state index in [0.717, 1.165) is 70.1 Å². The lowest BCUT2D eigenvalue weighted by Crippen LogP contribution is -2.44. The quantitative estimate of drug-likeness (QED) is 0.408. The van der Waals surface area contributed by atoms with Crippen LogP contribution in [0.25, 0.3) is 0 Å². The fraction of sp³-hybridized carbons (Fsp3) is 0.680. The minimum atomic E-state index is -3.16. The number of nitrogens with zero attached hydrogens (tertiary/aromatic N) is 2. The molecule has 2 fully saturated rings. The maximum Gasteiger partial charge on any atom is 0.289 e. The molecule has 0 unspecified atom stereocenters. The zero-order valence-corrected chi connectivity index (χ0v) is 20.4. The second kappa shape index (κ2) is 11.3. The van der Waals surface area contributed by atoms with Crippen LogP contribution in [0.15, 0.2) is 29.2 Å². The van der Waals surface area contributed by atoms with Gasteiger partial charge in [0.15, 0.2) is 9.84 Å². The normalized spacial score (nSPS) is 18.7. The van der Waals surface area contributed by atoms with Crippen LogP contribution >= 0.6 is 0 Å². The van der Waals surface area contributed by atoms with Crippen molar-refractivity contribution in [2.24, 2.45) is 11.8 Å². The monoisotopic (exact) mass is 462 g/mol. The Morgan fingerprint density at radius 2 is 1.44 bits per heavy atom. The third-order valence-corrected chi connectivity index (χ3v) is 8.29. The first-order valence-electron chi connectivity index (χ1n) is 12.2. The average molecular weight is 463 g/mol. The smallest absolute Gasteiger partial charge is 0.289 e. The maximum absolute atomic E-state index is 12.5. The summed E-state index contributed by atoms with van der Waals surface area (Å²) < 4.78 is 23.3. The van der Waals surface area contributed by atoms with Gasteiger partial charge in [-0.2, -0.15) is 0 Å². The number of hydrogen-bond donors (Lipinski definition) is 0. The van der Waals surface area contributed by atoms with Crippen molar-refractivity contribution in [1.29, 1.82) is 0 Å². The zero-order chi connectivity index (χ0) is 23.1. The Kier molecular flexibility index (Phi) is 8.74.